The number of hydrogen-bond acceptors (Lipinski definition) is 4. The molecule has 0 spiro atoms. The second-order valence-electron chi connectivity index (χ2n) is 7.00. The van der Waals surface area contributed by atoms with E-state index in [0.29, 0.717) is 18.7 Å². The van der Waals surface area contributed by atoms with Crippen LogP contribution in [0.4, 0.5) is 5.69 Å². The van der Waals surface area contributed by atoms with Crippen molar-refractivity contribution in [3.05, 3.63) is 65.2 Å². The maximum atomic E-state index is 12.7. The Labute approximate surface area is 158 Å². The molecule has 2 N–H and O–H groups in total. The van der Waals surface area contributed by atoms with E-state index < -0.39 is 12.0 Å². The van der Waals surface area contributed by atoms with Gasteiger partial charge in [0.15, 0.2) is 6.10 Å². The predicted molar refractivity (Wildman–Crippen MR) is 102 cm³/mol. The molecule has 1 atom stereocenters. The summed E-state index contributed by atoms with van der Waals surface area (Å²) in [6.07, 6.45) is 0.300. The number of fused-ring (bicyclic) bond motifs is 1. The molecule has 0 aromatic heterocycles. The summed E-state index contributed by atoms with van der Waals surface area (Å²) in [5, 5.41) is 0. The van der Waals surface area contributed by atoms with Gasteiger partial charge in [0.05, 0.1) is 13.2 Å². The van der Waals surface area contributed by atoms with E-state index in [4.69, 9.17) is 10.5 Å². The minimum Gasteiger partial charge on any atom is -0.367 e. The van der Waals surface area contributed by atoms with Crippen molar-refractivity contribution < 1.29 is 14.3 Å². The maximum absolute atomic E-state index is 12.7. The fraction of sp³-hybridized carbons (Fsp3) is 0.333. The molecule has 2 aliphatic rings. The molecule has 0 unspecified atom stereocenters. The molecule has 140 valence electrons. The third kappa shape index (κ3) is 3.66. The zero-order chi connectivity index (χ0) is 18.8. The van der Waals surface area contributed by atoms with Crippen molar-refractivity contribution in [1.82, 2.24) is 4.90 Å². The topological polar surface area (TPSA) is 75.9 Å². The summed E-state index contributed by atoms with van der Waals surface area (Å²) in [5.41, 5.74) is 9.79. The van der Waals surface area contributed by atoms with Crippen LogP contribution in [0.25, 0.3) is 0 Å². The summed E-state index contributed by atoms with van der Waals surface area (Å²) < 4.78 is 5.31. The molecule has 0 bridgehead atoms. The van der Waals surface area contributed by atoms with Gasteiger partial charge in [0.25, 0.3) is 5.91 Å². The van der Waals surface area contributed by atoms with E-state index >= 15 is 0 Å². The first kappa shape index (κ1) is 17.5. The average molecular weight is 365 g/mol. The molecule has 6 nitrogen and oxygen atoms in total. The number of hydrogen-bond donors (Lipinski definition) is 1. The number of benzene rings is 2. The standard InChI is InChI=1S/C21H23N3O3/c22-20(25)19-14-24(11-12-27-19)21(26)16-5-7-18(8-6-16)23-10-9-15-3-1-2-4-17(15)13-23/h1-8,19H,9-14H2,(H2,22,25)/t19-/m1/s1. The van der Waals surface area contributed by atoms with Crippen molar-refractivity contribution in [1.29, 1.82) is 0 Å². The van der Waals surface area contributed by atoms with Gasteiger partial charge in [-0.05, 0) is 41.8 Å². The molecular weight excluding hydrogens is 342 g/mol. The number of nitrogens with zero attached hydrogens (tertiary/aromatic N) is 2. The van der Waals surface area contributed by atoms with Gasteiger partial charge in [0.1, 0.15) is 0 Å². The first-order valence-corrected chi connectivity index (χ1v) is 9.24. The SMILES string of the molecule is NC(=O)[C@H]1CN(C(=O)c2ccc(N3CCc4ccccc4C3)cc2)CCO1. The molecule has 0 radical (unpaired) electrons. The summed E-state index contributed by atoms with van der Waals surface area (Å²) in [4.78, 5) is 28.0. The molecule has 1 saturated heterocycles. The average Bonchev–Trinajstić information content (AvgIpc) is 2.73. The van der Waals surface area contributed by atoms with Crippen LogP contribution in [0.2, 0.25) is 0 Å². The molecule has 2 amide bonds. The van der Waals surface area contributed by atoms with Gasteiger partial charge in [-0.15, -0.1) is 0 Å². The van der Waals surface area contributed by atoms with Crippen molar-refractivity contribution in [2.75, 3.05) is 31.1 Å². The second kappa shape index (κ2) is 7.40. The molecule has 0 saturated carbocycles. The van der Waals surface area contributed by atoms with Crippen molar-refractivity contribution in [2.45, 2.75) is 19.1 Å². The van der Waals surface area contributed by atoms with Gasteiger partial charge in [0.2, 0.25) is 5.91 Å². The minimum absolute atomic E-state index is 0.0971. The number of anilines is 1. The lowest BCUT2D eigenvalue weighted by Gasteiger charge is -2.32. The van der Waals surface area contributed by atoms with E-state index in [-0.39, 0.29) is 12.5 Å². The van der Waals surface area contributed by atoms with Crippen molar-refractivity contribution >= 4 is 17.5 Å². The van der Waals surface area contributed by atoms with E-state index in [0.717, 1.165) is 25.2 Å². The van der Waals surface area contributed by atoms with Gasteiger partial charge in [-0.25, -0.2) is 0 Å². The number of nitrogens with two attached hydrogens (primary N) is 1. The van der Waals surface area contributed by atoms with Crippen molar-refractivity contribution in [3.8, 4) is 0 Å². The third-order valence-electron chi connectivity index (χ3n) is 5.28. The highest BCUT2D eigenvalue weighted by Gasteiger charge is 2.28. The van der Waals surface area contributed by atoms with Gasteiger partial charge in [-0.2, -0.15) is 0 Å². The van der Waals surface area contributed by atoms with Crippen LogP contribution in [0.5, 0.6) is 0 Å². The summed E-state index contributed by atoms with van der Waals surface area (Å²) in [7, 11) is 0. The van der Waals surface area contributed by atoms with Crippen LogP contribution in [0.15, 0.2) is 48.5 Å². The number of primary amides is 1. The first-order chi connectivity index (χ1) is 13.1. The molecule has 2 aromatic rings. The fourth-order valence-electron chi connectivity index (χ4n) is 3.72. The highest BCUT2D eigenvalue weighted by Crippen LogP contribution is 2.25. The molecular formula is C21H23N3O3. The number of amides is 2. The molecule has 4 rings (SSSR count). The predicted octanol–water partition coefficient (Wildman–Crippen LogP) is 1.58. The molecule has 27 heavy (non-hydrogen) atoms. The summed E-state index contributed by atoms with van der Waals surface area (Å²) in [6, 6.07) is 16.2. The molecule has 6 heteroatoms. The number of carbonyl (C=O) groups excluding carboxylic acids is 2. The van der Waals surface area contributed by atoms with Gasteiger partial charge >= 0.3 is 0 Å². The summed E-state index contributed by atoms with van der Waals surface area (Å²) in [6.45, 7) is 2.85. The molecule has 0 aliphatic carbocycles. The van der Waals surface area contributed by atoms with Crippen LogP contribution in [0, 0.1) is 0 Å². The zero-order valence-corrected chi connectivity index (χ0v) is 15.1. The first-order valence-electron chi connectivity index (χ1n) is 9.24. The Morgan fingerprint density at radius 2 is 1.74 bits per heavy atom. The van der Waals surface area contributed by atoms with E-state index in [1.807, 2.05) is 24.3 Å². The molecule has 2 aromatic carbocycles. The quantitative estimate of drug-likeness (QED) is 0.896. The molecule has 2 aliphatic heterocycles. The Bertz CT molecular complexity index is 850. The Morgan fingerprint density at radius 1 is 1.00 bits per heavy atom. The Hall–Kier alpha value is -2.86. The molecule has 1 fully saturated rings. The normalized spacial score (nSPS) is 19.5. The van der Waals surface area contributed by atoms with Crippen LogP contribution in [0.3, 0.4) is 0 Å². The van der Waals surface area contributed by atoms with Crippen molar-refractivity contribution in [2.24, 2.45) is 5.73 Å². The Kier molecular flexibility index (Phi) is 4.81. The van der Waals surface area contributed by atoms with E-state index in [1.165, 1.54) is 11.1 Å². The number of morpholine rings is 1. The Balaban J connectivity index is 1.45. The lowest BCUT2D eigenvalue weighted by molar-refractivity contribution is -0.133. The highest BCUT2D eigenvalue weighted by atomic mass is 16.5. The van der Waals surface area contributed by atoms with Gasteiger partial charge in [-0.3, -0.25) is 9.59 Å². The van der Waals surface area contributed by atoms with Crippen LogP contribution in [0.1, 0.15) is 21.5 Å². The van der Waals surface area contributed by atoms with Crippen LogP contribution >= 0.6 is 0 Å². The van der Waals surface area contributed by atoms with Gasteiger partial charge in [0, 0.05) is 30.9 Å². The van der Waals surface area contributed by atoms with Crippen LogP contribution in [-0.2, 0) is 22.5 Å². The van der Waals surface area contributed by atoms with Crippen molar-refractivity contribution in [3.63, 3.8) is 0 Å². The van der Waals surface area contributed by atoms with Gasteiger partial charge < -0.3 is 20.3 Å². The number of ether oxygens (including phenoxy) is 1. The van der Waals surface area contributed by atoms with E-state index in [1.54, 1.807) is 4.90 Å². The maximum Gasteiger partial charge on any atom is 0.254 e. The van der Waals surface area contributed by atoms with Gasteiger partial charge in [-0.1, -0.05) is 24.3 Å². The van der Waals surface area contributed by atoms with E-state index in [9.17, 15) is 9.59 Å². The largest absolute Gasteiger partial charge is 0.367 e. The summed E-state index contributed by atoms with van der Waals surface area (Å²) in [5.74, 6) is -0.631. The monoisotopic (exact) mass is 365 g/mol. The zero-order valence-electron chi connectivity index (χ0n) is 15.1. The van der Waals surface area contributed by atoms with Crippen LogP contribution < -0.4 is 10.6 Å². The lowest BCUT2D eigenvalue weighted by Crippen LogP contribution is -2.50. The van der Waals surface area contributed by atoms with Crippen LogP contribution in [-0.4, -0.2) is 49.1 Å². The summed E-state index contributed by atoms with van der Waals surface area (Å²) >= 11 is 0. The fourth-order valence-corrected chi connectivity index (χ4v) is 3.72. The Morgan fingerprint density at radius 3 is 2.48 bits per heavy atom. The molecule has 2 heterocycles. The minimum atomic E-state index is -0.726. The number of rotatable bonds is 3. The van der Waals surface area contributed by atoms with E-state index in [2.05, 4.69) is 29.2 Å². The lowest BCUT2D eigenvalue weighted by atomic mass is 9.99. The smallest absolute Gasteiger partial charge is 0.254 e. The number of carbonyl (C=O) groups is 2. The third-order valence-corrected chi connectivity index (χ3v) is 5.28. The second-order valence-corrected chi connectivity index (χ2v) is 7.00. The highest BCUT2D eigenvalue weighted by molar-refractivity contribution is 5.95.